The van der Waals surface area contributed by atoms with Gasteiger partial charge in [-0.15, -0.1) is 0 Å². The Morgan fingerprint density at radius 3 is 2.28 bits per heavy atom. The second-order valence-electron chi connectivity index (χ2n) is 8.97. The summed E-state index contributed by atoms with van der Waals surface area (Å²) in [6.45, 7) is 8.11. The van der Waals surface area contributed by atoms with Crippen molar-refractivity contribution in [1.82, 2.24) is 4.90 Å². The Hall–Kier alpha value is -3.45. The first kappa shape index (κ1) is 28.8. The Kier molecular flexibility index (Phi) is 9.21. The van der Waals surface area contributed by atoms with E-state index >= 15 is 0 Å². The molecule has 1 aromatic rings. The van der Waals surface area contributed by atoms with Gasteiger partial charge in [0.25, 0.3) is 10.1 Å². The van der Waals surface area contributed by atoms with Crippen LogP contribution >= 0.6 is 0 Å². The van der Waals surface area contributed by atoms with E-state index in [1.807, 2.05) is 0 Å². The van der Waals surface area contributed by atoms with Crippen molar-refractivity contribution in [3.05, 3.63) is 42.0 Å². The molecule has 0 aromatic heterocycles. The van der Waals surface area contributed by atoms with E-state index in [2.05, 4.69) is 11.9 Å². The van der Waals surface area contributed by atoms with E-state index in [4.69, 9.17) is 18.4 Å². The largest absolute Gasteiger partial charge is 0.465 e. The fourth-order valence-corrected chi connectivity index (χ4v) is 4.02. The molecule has 1 fully saturated rings. The lowest BCUT2D eigenvalue weighted by molar-refractivity contribution is -0.120. The molecule has 0 aliphatic carbocycles. The first-order chi connectivity index (χ1) is 16.6. The van der Waals surface area contributed by atoms with Gasteiger partial charge in [0.05, 0.1) is 37.1 Å². The molecule has 12 nitrogen and oxygen atoms in total. The molecule has 1 heterocycles. The number of esters is 2. The lowest BCUT2D eigenvalue weighted by Gasteiger charge is -2.28. The van der Waals surface area contributed by atoms with Gasteiger partial charge in [0.1, 0.15) is 18.2 Å². The van der Waals surface area contributed by atoms with Crippen LogP contribution in [-0.4, -0.2) is 81.5 Å². The van der Waals surface area contributed by atoms with Gasteiger partial charge >= 0.3 is 18.0 Å². The van der Waals surface area contributed by atoms with Crippen LogP contribution in [0.5, 0.6) is 0 Å². The highest BCUT2D eigenvalue weighted by molar-refractivity contribution is 7.86. The molecule has 0 bridgehead atoms. The summed E-state index contributed by atoms with van der Waals surface area (Å²) in [5, 5.41) is 2.56. The number of benzene rings is 1. The van der Waals surface area contributed by atoms with E-state index in [1.165, 1.54) is 24.3 Å². The van der Waals surface area contributed by atoms with Crippen LogP contribution < -0.4 is 5.32 Å². The van der Waals surface area contributed by atoms with E-state index in [9.17, 15) is 27.6 Å². The molecule has 0 radical (unpaired) electrons. The van der Waals surface area contributed by atoms with E-state index in [0.29, 0.717) is 0 Å². The third kappa shape index (κ3) is 8.34. The van der Waals surface area contributed by atoms with Crippen LogP contribution in [0.2, 0.25) is 0 Å². The highest BCUT2D eigenvalue weighted by Crippen LogP contribution is 2.26. The summed E-state index contributed by atoms with van der Waals surface area (Å²) in [6.07, 6.45) is 0.283. The topological polar surface area (TPSA) is 155 Å². The Morgan fingerprint density at radius 2 is 1.75 bits per heavy atom. The second-order valence-corrected chi connectivity index (χ2v) is 10.6. The Morgan fingerprint density at radius 1 is 1.14 bits per heavy atom. The molecule has 1 saturated heterocycles. The van der Waals surface area contributed by atoms with Crippen LogP contribution in [0.15, 0.2) is 30.9 Å². The molecule has 2 atom stereocenters. The Labute approximate surface area is 209 Å². The summed E-state index contributed by atoms with van der Waals surface area (Å²) in [7, 11) is -2.71. The highest BCUT2D eigenvalue weighted by atomic mass is 32.2. The predicted molar refractivity (Wildman–Crippen MR) is 128 cm³/mol. The number of ether oxygens (including phenoxy) is 3. The minimum atomic E-state index is -3.86. The van der Waals surface area contributed by atoms with Crippen molar-refractivity contribution >= 4 is 39.7 Å². The van der Waals surface area contributed by atoms with Gasteiger partial charge < -0.3 is 19.5 Å². The molecular weight excluding hydrogens is 496 g/mol. The van der Waals surface area contributed by atoms with Crippen molar-refractivity contribution in [3.8, 4) is 0 Å². The molecule has 0 spiro atoms. The number of hydrogen-bond acceptors (Lipinski definition) is 10. The quantitative estimate of drug-likeness (QED) is 0.230. The molecule has 2 rings (SSSR count). The number of nitrogens with zero attached hydrogens (tertiary/aromatic N) is 1. The van der Waals surface area contributed by atoms with Crippen molar-refractivity contribution in [2.24, 2.45) is 0 Å². The number of amides is 2. The van der Waals surface area contributed by atoms with E-state index < -0.39 is 51.8 Å². The van der Waals surface area contributed by atoms with Crippen molar-refractivity contribution in [3.63, 3.8) is 0 Å². The van der Waals surface area contributed by atoms with Gasteiger partial charge in [-0.1, -0.05) is 12.7 Å². The number of likely N-dealkylation sites (tertiary alicyclic amines) is 1. The number of carbonyl (C=O) groups excluding carboxylic acids is 4. The molecule has 1 aliphatic heterocycles. The molecule has 13 heteroatoms. The summed E-state index contributed by atoms with van der Waals surface area (Å²) in [6, 6.07) is 2.65. The first-order valence-electron chi connectivity index (χ1n) is 10.8. The van der Waals surface area contributed by atoms with Crippen molar-refractivity contribution in [2.45, 2.75) is 44.9 Å². The average molecular weight is 527 g/mol. The summed E-state index contributed by atoms with van der Waals surface area (Å²) in [5.41, 5.74) is -0.896. The maximum atomic E-state index is 13.2. The van der Waals surface area contributed by atoms with Gasteiger partial charge in [-0.25, -0.2) is 14.4 Å². The normalized spacial score (nSPS) is 17.8. The van der Waals surface area contributed by atoms with Crippen molar-refractivity contribution in [2.75, 3.05) is 31.8 Å². The van der Waals surface area contributed by atoms with Crippen LogP contribution in [0.4, 0.5) is 10.5 Å². The zero-order valence-electron chi connectivity index (χ0n) is 20.7. The minimum absolute atomic E-state index is 0.0328. The molecule has 1 N–H and O–H groups in total. The van der Waals surface area contributed by atoms with Gasteiger partial charge in [-0.3, -0.25) is 13.9 Å². The first-order valence-corrected chi connectivity index (χ1v) is 12.7. The Bertz CT molecular complexity index is 1140. The predicted octanol–water partition coefficient (Wildman–Crippen LogP) is 2.11. The third-order valence-electron chi connectivity index (χ3n) is 4.69. The summed E-state index contributed by atoms with van der Waals surface area (Å²) < 4.78 is 43.3. The fourth-order valence-electron chi connectivity index (χ4n) is 3.38. The standard InChI is InChI=1S/C23H30N2O10S/c1-7-8-33-21(28)15-9-14(20(27)32-5)10-16(11-15)24-19(26)18-12-17(35-36(6,30)31)13-25(18)22(29)34-23(2,3)4/h7,9-11,17-18H,1,8,12-13H2,2-6H3,(H,24,26). The number of methoxy groups -OCH3 is 1. The number of rotatable bonds is 8. The number of anilines is 1. The third-order valence-corrected chi connectivity index (χ3v) is 5.32. The fraction of sp³-hybridized carbons (Fsp3) is 0.478. The van der Waals surface area contributed by atoms with Crippen LogP contribution in [0.1, 0.15) is 47.9 Å². The van der Waals surface area contributed by atoms with Crippen molar-refractivity contribution in [1.29, 1.82) is 0 Å². The zero-order chi connectivity index (χ0) is 27.3. The molecular formula is C23H30N2O10S. The van der Waals surface area contributed by atoms with Gasteiger partial charge in [0, 0.05) is 12.1 Å². The number of carbonyl (C=O) groups is 4. The van der Waals surface area contributed by atoms with Crippen LogP contribution in [0, 0.1) is 0 Å². The molecule has 1 aromatic carbocycles. The second kappa shape index (κ2) is 11.5. The van der Waals surface area contributed by atoms with E-state index in [1.54, 1.807) is 20.8 Å². The molecule has 0 saturated carbocycles. The highest BCUT2D eigenvalue weighted by Gasteiger charge is 2.43. The van der Waals surface area contributed by atoms with Gasteiger partial charge in [-0.05, 0) is 39.0 Å². The maximum absolute atomic E-state index is 13.2. The van der Waals surface area contributed by atoms with Gasteiger partial charge in [0.15, 0.2) is 0 Å². The minimum Gasteiger partial charge on any atom is -0.465 e. The van der Waals surface area contributed by atoms with Crippen LogP contribution in [0.3, 0.4) is 0 Å². The van der Waals surface area contributed by atoms with Crippen LogP contribution in [0.25, 0.3) is 0 Å². The number of hydrogen-bond donors (Lipinski definition) is 1. The molecule has 2 amide bonds. The van der Waals surface area contributed by atoms with Crippen LogP contribution in [-0.2, 0) is 33.3 Å². The lowest BCUT2D eigenvalue weighted by Crippen LogP contribution is -2.45. The SMILES string of the molecule is C=CCOC(=O)c1cc(NC(=O)C2CC(OS(C)(=O)=O)CN2C(=O)OC(C)(C)C)cc(C(=O)OC)c1. The van der Waals surface area contributed by atoms with Gasteiger partial charge in [0.2, 0.25) is 5.91 Å². The van der Waals surface area contributed by atoms with Gasteiger partial charge in [-0.2, -0.15) is 8.42 Å². The van der Waals surface area contributed by atoms with E-state index in [-0.39, 0.29) is 36.4 Å². The smallest absolute Gasteiger partial charge is 0.411 e. The lowest BCUT2D eigenvalue weighted by atomic mass is 10.1. The Balaban J connectivity index is 2.36. The van der Waals surface area contributed by atoms with E-state index in [0.717, 1.165) is 18.3 Å². The van der Waals surface area contributed by atoms with Crippen molar-refractivity contribution < 1.29 is 46.0 Å². The summed E-state index contributed by atoms with van der Waals surface area (Å²) in [4.78, 5) is 51.5. The molecule has 1 aliphatic rings. The molecule has 2 unspecified atom stereocenters. The zero-order valence-corrected chi connectivity index (χ0v) is 21.5. The molecule has 198 valence electrons. The maximum Gasteiger partial charge on any atom is 0.411 e. The summed E-state index contributed by atoms with van der Waals surface area (Å²) in [5.74, 6) is -2.25. The average Bonchev–Trinajstić information content (AvgIpc) is 3.18. The summed E-state index contributed by atoms with van der Waals surface area (Å²) >= 11 is 0. The molecule has 36 heavy (non-hydrogen) atoms. The number of nitrogens with one attached hydrogen (secondary N) is 1. The monoisotopic (exact) mass is 526 g/mol.